The van der Waals surface area contributed by atoms with E-state index in [9.17, 15) is 0 Å². The maximum Gasteiger partial charge on any atom is 0.202 e. The molecule has 1 unspecified atom stereocenters. The summed E-state index contributed by atoms with van der Waals surface area (Å²) >= 11 is 6.04. The van der Waals surface area contributed by atoms with Crippen LogP contribution in [0.3, 0.4) is 0 Å². The first kappa shape index (κ1) is 29.6. The molecule has 37 heavy (non-hydrogen) atoms. The van der Waals surface area contributed by atoms with Crippen LogP contribution in [0.15, 0.2) is 60.8 Å². The second-order valence-corrected chi connectivity index (χ2v) is 8.43. The highest BCUT2D eigenvalue weighted by molar-refractivity contribution is 6.30. The Hall–Kier alpha value is -3.66. The molecule has 0 bridgehead atoms. The zero-order chi connectivity index (χ0) is 27.2. The van der Waals surface area contributed by atoms with Gasteiger partial charge < -0.3 is 19.6 Å². The summed E-state index contributed by atoms with van der Waals surface area (Å²) in [5, 5.41) is 11.9. The number of aromatic nitrogens is 4. The molecule has 1 N–H and O–H groups in total. The molecule has 3 heterocycles. The van der Waals surface area contributed by atoms with Crippen molar-refractivity contribution in [2.24, 2.45) is 0 Å². The third-order valence-corrected chi connectivity index (χ3v) is 6.07. The molecule has 2 aromatic heterocycles. The molecule has 4 aromatic rings. The van der Waals surface area contributed by atoms with Crippen LogP contribution in [0.4, 0.5) is 5.69 Å². The molecule has 1 saturated heterocycles. The van der Waals surface area contributed by atoms with Gasteiger partial charge in [0.2, 0.25) is 5.65 Å². The van der Waals surface area contributed by atoms with Gasteiger partial charge in [-0.25, -0.2) is 9.67 Å². The average molecular weight is 525 g/mol. The largest absolute Gasteiger partial charge is 0.386 e. The molecule has 1 atom stereocenters. The summed E-state index contributed by atoms with van der Waals surface area (Å²) < 4.78 is 7.09. The molecule has 5 rings (SSSR count). The van der Waals surface area contributed by atoms with Crippen molar-refractivity contribution >= 4 is 42.0 Å². The molecule has 0 amide bonds. The van der Waals surface area contributed by atoms with Crippen molar-refractivity contribution in [3.63, 3.8) is 0 Å². The van der Waals surface area contributed by atoms with Gasteiger partial charge in [0.15, 0.2) is 0 Å². The number of carbonyl (C=O) groups is 2. The molecule has 1 aliphatic rings. The third kappa shape index (κ3) is 7.91. The number of hydrogen-bond acceptors (Lipinski definition) is 8. The molecule has 10 heteroatoms. The van der Waals surface area contributed by atoms with Crippen LogP contribution in [0.1, 0.15) is 24.1 Å². The minimum Gasteiger partial charge on any atom is -0.386 e. The van der Waals surface area contributed by atoms with Gasteiger partial charge in [-0.2, -0.15) is 0 Å². The fourth-order valence-electron chi connectivity index (χ4n) is 3.86. The minimum atomic E-state index is 0.509. The Labute approximate surface area is 222 Å². The summed E-state index contributed by atoms with van der Waals surface area (Å²) in [6.45, 7) is 12.2. The van der Waals surface area contributed by atoms with Gasteiger partial charge >= 0.3 is 0 Å². The normalized spacial score (nSPS) is 13.6. The van der Waals surface area contributed by atoms with Crippen LogP contribution in [-0.2, 0) is 14.3 Å². The van der Waals surface area contributed by atoms with Crippen LogP contribution in [0, 0.1) is 6.92 Å². The summed E-state index contributed by atoms with van der Waals surface area (Å²) in [6.07, 6.45) is 1.69. The van der Waals surface area contributed by atoms with Crippen molar-refractivity contribution < 1.29 is 14.3 Å². The number of benzene rings is 2. The maximum atomic E-state index is 8.00. The van der Waals surface area contributed by atoms with Gasteiger partial charge in [-0.05, 0) is 49.7 Å². The Balaban J connectivity index is 0.000000233. The topological polar surface area (TPSA) is 102 Å². The van der Waals surface area contributed by atoms with E-state index in [4.69, 9.17) is 25.9 Å². The van der Waals surface area contributed by atoms with E-state index in [0.717, 1.165) is 43.2 Å². The van der Waals surface area contributed by atoms with E-state index in [2.05, 4.69) is 63.6 Å². The number of nitrogens with one attached hydrogen (secondary N) is 1. The molecular weight excluding hydrogens is 492 g/mol. The highest BCUT2D eigenvalue weighted by atomic mass is 35.5. The number of rotatable bonds is 4. The number of carbonyl (C=O) groups excluding carboxylic acids is 2. The molecule has 196 valence electrons. The van der Waals surface area contributed by atoms with Crippen LogP contribution in [0.2, 0.25) is 5.02 Å². The second-order valence-electron chi connectivity index (χ2n) is 7.99. The summed E-state index contributed by atoms with van der Waals surface area (Å²) in [4.78, 5) is 22.6. The first-order valence-corrected chi connectivity index (χ1v) is 12.0. The molecule has 1 aliphatic heterocycles. The monoisotopic (exact) mass is 524 g/mol. The van der Waals surface area contributed by atoms with E-state index < -0.39 is 0 Å². The summed E-state index contributed by atoms with van der Waals surface area (Å²) in [5.74, 6) is 0. The van der Waals surface area contributed by atoms with E-state index in [-0.39, 0.29) is 0 Å². The molecule has 0 radical (unpaired) electrons. The lowest BCUT2D eigenvalue weighted by molar-refractivity contribution is -0.0987. The maximum absolute atomic E-state index is 8.00. The molecule has 2 aromatic carbocycles. The fraction of sp³-hybridized carbons (Fsp3) is 0.296. The number of aryl methyl sites for hydroxylation is 1. The predicted octanol–water partition coefficient (Wildman–Crippen LogP) is 4.53. The van der Waals surface area contributed by atoms with Crippen LogP contribution in [0.5, 0.6) is 0 Å². The summed E-state index contributed by atoms with van der Waals surface area (Å²) in [7, 11) is 1.85. The number of nitrogens with zero attached hydrogens (tertiary/aromatic N) is 5. The van der Waals surface area contributed by atoms with E-state index in [1.54, 1.807) is 10.9 Å². The minimum absolute atomic E-state index is 0.509. The number of halogens is 1. The zero-order valence-electron chi connectivity index (χ0n) is 21.4. The highest BCUT2D eigenvalue weighted by Gasteiger charge is 2.18. The van der Waals surface area contributed by atoms with Crippen LogP contribution in [0.25, 0.3) is 16.9 Å². The van der Waals surface area contributed by atoms with Crippen LogP contribution < -0.4 is 5.32 Å². The van der Waals surface area contributed by atoms with Gasteiger partial charge in [0.05, 0.1) is 24.6 Å². The number of morpholine rings is 1. The number of ether oxygens (including phenoxy) is 1. The van der Waals surface area contributed by atoms with Crippen molar-refractivity contribution in [1.29, 1.82) is 0 Å². The number of fused-ring (bicyclic) bond motifs is 1. The lowest BCUT2D eigenvalue weighted by Gasteiger charge is -2.32. The Morgan fingerprint density at radius 3 is 2.35 bits per heavy atom. The predicted molar refractivity (Wildman–Crippen MR) is 147 cm³/mol. The van der Waals surface area contributed by atoms with Crippen LogP contribution in [-0.4, -0.2) is 71.8 Å². The average Bonchev–Trinajstić information content (AvgIpc) is 3.40. The lowest BCUT2D eigenvalue weighted by atomic mass is 10.1. The quantitative estimate of drug-likeness (QED) is 0.415. The van der Waals surface area contributed by atoms with Gasteiger partial charge in [-0.1, -0.05) is 46.6 Å². The SMILES string of the molecule is C=O.C=O.CNc1ccc(Cl)cc1-n1nnc2ncccc21.Cc1ccc(C(C)N2CCOCC2)cc1. The molecular formula is C27H33ClN6O3. The van der Waals surface area contributed by atoms with Gasteiger partial charge in [0, 0.05) is 37.4 Å². The first-order chi connectivity index (χ1) is 18.1. The van der Waals surface area contributed by atoms with E-state index >= 15 is 0 Å². The highest BCUT2D eigenvalue weighted by Crippen LogP contribution is 2.26. The van der Waals surface area contributed by atoms with E-state index in [1.165, 1.54) is 11.1 Å². The van der Waals surface area contributed by atoms with Crippen molar-refractivity contribution in [2.75, 3.05) is 38.7 Å². The second kappa shape index (κ2) is 15.5. The van der Waals surface area contributed by atoms with Gasteiger partial charge in [-0.3, -0.25) is 4.90 Å². The first-order valence-electron chi connectivity index (χ1n) is 11.7. The standard InChI is InChI=1S/C13H19NO.C12H10ClN5.2CH2O/c1-11-3-5-13(6-4-11)12(2)14-7-9-15-10-8-14;1-14-9-5-4-8(13)7-11(9)18-10-3-2-6-15-12(10)16-17-18;2*1-2/h3-6,12H,7-10H2,1-2H3;2-7,14H,1H3;2*1H2. The molecule has 1 fully saturated rings. The summed E-state index contributed by atoms with van der Waals surface area (Å²) in [5.41, 5.74) is 5.96. The van der Waals surface area contributed by atoms with Crippen molar-refractivity contribution in [3.8, 4) is 5.69 Å². The third-order valence-electron chi connectivity index (χ3n) is 5.83. The van der Waals surface area contributed by atoms with Crippen molar-refractivity contribution in [2.45, 2.75) is 19.9 Å². The van der Waals surface area contributed by atoms with Gasteiger partial charge in [-0.15, -0.1) is 5.10 Å². The van der Waals surface area contributed by atoms with Gasteiger partial charge in [0.1, 0.15) is 19.1 Å². The van der Waals surface area contributed by atoms with Crippen molar-refractivity contribution in [3.05, 3.63) is 76.9 Å². The smallest absolute Gasteiger partial charge is 0.202 e. The lowest BCUT2D eigenvalue weighted by Crippen LogP contribution is -2.37. The Kier molecular flexibility index (Phi) is 12.3. The number of hydrogen-bond donors (Lipinski definition) is 1. The molecule has 9 nitrogen and oxygen atoms in total. The van der Waals surface area contributed by atoms with Gasteiger partial charge in [0.25, 0.3) is 0 Å². The molecule has 0 aliphatic carbocycles. The summed E-state index contributed by atoms with van der Waals surface area (Å²) in [6, 6.07) is 18.7. The Morgan fingerprint density at radius 1 is 1.03 bits per heavy atom. The van der Waals surface area contributed by atoms with Crippen LogP contribution >= 0.6 is 11.6 Å². The van der Waals surface area contributed by atoms with E-state index in [1.807, 2.05) is 51.0 Å². The number of anilines is 1. The Morgan fingerprint density at radius 2 is 1.70 bits per heavy atom. The van der Waals surface area contributed by atoms with Crippen molar-refractivity contribution in [1.82, 2.24) is 24.9 Å². The zero-order valence-corrected chi connectivity index (χ0v) is 22.2. The molecule has 0 saturated carbocycles. The number of pyridine rings is 1. The van der Waals surface area contributed by atoms with E-state index in [0.29, 0.717) is 16.7 Å². The molecule has 0 spiro atoms. The fourth-order valence-corrected chi connectivity index (χ4v) is 4.02. The Bertz CT molecular complexity index is 1230.